The molecule has 9 heteroatoms. The van der Waals surface area contributed by atoms with Crippen LogP contribution in [0.1, 0.15) is 30.5 Å². The van der Waals surface area contributed by atoms with Gasteiger partial charge in [0.2, 0.25) is 9.84 Å². The summed E-state index contributed by atoms with van der Waals surface area (Å²) in [6.45, 7) is 9.91. The molecule has 1 aromatic heterocycles. The van der Waals surface area contributed by atoms with Gasteiger partial charge in [-0.05, 0) is 45.7 Å². The first kappa shape index (κ1) is 18.9. The van der Waals surface area contributed by atoms with Gasteiger partial charge in [-0.15, -0.1) is 5.10 Å². The molecule has 0 fully saturated rings. The molecule has 25 heavy (non-hydrogen) atoms. The van der Waals surface area contributed by atoms with E-state index in [1.54, 1.807) is 26.0 Å². The van der Waals surface area contributed by atoms with Crippen LogP contribution in [-0.4, -0.2) is 47.4 Å². The third kappa shape index (κ3) is 3.81. The second kappa shape index (κ2) is 7.22. The number of aryl methyl sites for hydroxylation is 3. The number of hydrogen-bond donors (Lipinski definition) is 0. The first-order chi connectivity index (χ1) is 11.7. The summed E-state index contributed by atoms with van der Waals surface area (Å²) in [7, 11) is -3.91. The second-order valence-electron chi connectivity index (χ2n) is 5.69. The zero-order valence-electron chi connectivity index (χ0n) is 15.0. The minimum atomic E-state index is -3.91. The predicted octanol–water partition coefficient (Wildman–Crippen LogP) is 1.93. The van der Waals surface area contributed by atoms with E-state index in [9.17, 15) is 13.2 Å². The van der Waals surface area contributed by atoms with Crippen molar-refractivity contribution in [3.8, 4) is 0 Å². The highest BCUT2D eigenvalue weighted by atomic mass is 32.2. The fourth-order valence-corrected chi connectivity index (χ4v) is 4.23. The molecule has 0 atom stereocenters. The summed E-state index contributed by atoms with van der Waals surface area (Å²) < 4.78 is 25.7. The Morgan fingerprint density at radius 2 is 1.72 bits per heavy atom. The quantitative estimate of drug-likeness (QED) is 0.802. The highest BCUT2D eigenvalue weighted by Gasteiger charge is 2.27. The minimum Gasteiger partial charge on any atom is -0.307 e. The molecule has 0 aliphatic heterocycles. The standard InChI is InChI=1S/C16H22N4O4S/c1-6-19(7-2)16(21)24-20-10-17-15(18-20)25(22,23)14-12(4)8-11(3)9-13(14)5/h8-10H,6-7H2,1-5H3. The van der Waals surface area contributed by atoms with Crippen molar-refractivity contribution in [3.63, 3.8) is 0 Å². The van der Waals surface area contributed by atoms with E-state index in [-0.39, 0.29) is 4.90 Å². The summed E-state index contributed by atoms with van der Waals surface area (Å²) in [5.74, 6) is 0. The van der Waals surface area contributed by atoms with Gasteiger partial charge in [0.1, 0.15) is 0 Å². The molecule has 1 aromatic carbocycles. The summed E-state index contributed by atoms with van der Waals surface area (Å²) in [5, 5.41) is 3.39. The molecular weight excluding hydrogens is 344 g/mol. The van der Waals surface area contributed by atoms with E-state index < -0.39 is 21.1 Å². The molecule has 0 N–H and O–H groups in total. The van der Waals surface area contributed by atoms with E-state index in [1.807, 2.05) is 20.8 Å². The lowest BCUT2D eigenvalue weighted by atomic mass is 10.1. The fourth-order valence-electron chi connectivity index (χ4n) is 2.70. The van der Waals surface area contributed by atoms with Crippen molar-refractivity contribution < 1.29 is 18.0 Å². The molecule has 0 unspecified atom stereocenters. The lowest BCUT2D eigenvalue weighted by molar-refractivity contribution is 0.0800. The minimum absolute atomic E-state index is 0.172. The molecule has 1 amide bonds. The Labute approximate surface area is 147 Å². The van der Waals surface area contributed by atoms with Crippen LogP contribution in [0.3, 0.4) is 0 Å². The maximum Gasteiger partial charge on any atom is 0.435 e. The number of benzene rings is 1. The van der Waals surface area contributed by atoms with E-state index in [0.717, 1.165) is 16.7 Å². The van der Waals surface area contributed by atoms with Gasteiger partial charge in [-0.25, -0.2) is 18.2 Å². The van der Waals surface area contributed by atoms with Gasteiger partial charge in [-0.1, -0.05) is 22.5 Å². The topological polar surface area (TPSA) is 94.4 Å². The smallest absolute Gasteiger partial charge is 0.307 e. The van der Waals surface area contributed by atoms with E-state index in [4.69, 9.17) is 4.84 Å². The van der Waals surface area contributed by atoms with E-state index in [0.29, 0.717) is 24.2 Å². The summed E-state index contributed by atoms with van der Waals surface area (Å²) in [4.78, 5) is 23.1. The number of carbonyl (C=O) groups excluding carboxylic acids is 1. The molecule has 2 aromatic rings. The fraction of sp³-hybridized carbons (Fsp3) is 0.438. The van der Waals surface area contributed by atoms with Crippen molar-refractivity contribution in [2.75, 3.05) is 13.1 Å². The van der Waals surface area contributed by atoms with E-state index in [1.165, 1.54) is 4.90 Å². The Hall–Kier alpha value is -2.42. The van der Waals surface area contributed by atoms with Crippen LogP contribution < -0.4 is 4.84 Å². The van der Waals surface area contributed by atoms with Gasteiger partial charge in [-0.3, -0.25) is 4.84 Å². The van der Waals surface area contributed by atoms with E-state index in [2.05, 4.69) is 10.1 Å². The summed E-state index contributed by atoms with van der Waals surface area (Å²) in [6.07, 6.45) is 0.439. The molecule has 8 nitrogen and oxygen atoms in total. The van der Waals surface area contributed by atoms with Crippen LogP contribution in [0.25, 0.3) is 0 Å². The highest BCUT2D eigenvalue weighted by Crippen LogP contribution is 2.26. The monoisotopic (exact) mass is 366 g/mol. The highest BCUT2D eigenvalue weighted by molar-refractivity contribution is 7.91. The maximum atomic E-state index is 12.8. The maximum absolute atomic E-state index is 12.8. The zero-order valence-corrected chi connectivity index (χ0v) is 15.8. The van der Waals surface area contributed by atoms with Crippen LogP contribution in [0.5, 0.6) is 0 Å². The lowest BCUT2D eigenvalue weighted by Gasteiger charge is -2.16. The Morgan fingerprint density at radius 1 is 1.16 bits per heavy atom. The van der Waals surface area contributed by atoms with Crippen molar-refractivity contribution in [2.45, 2.75) is 44.7 Å². The number of hydrogen-bond acceptors (Lipinski definition) is 6. The number of sulfone groups is 1. The van der Waals surface area contributed by atoms with Crippen molar-refractivity contribution >= 4 is 15.9 Å². The van der Waals surface area contributed by atoms with Crippen LogP contribution in [0.4, 0.5) is 4.79 Å². The molecule has 0 saturated heterocycles. The Bertz CT molecular complexity index is 862. The largest absolute Gasteiger partial charge is 0.435 e. The molecule has 1 heterocycles. The first-order valence-electron chi connectivity index (χ1n) is 7.92. The average molecular weight is 366 g/mol. The summed E-state index contributed by atoms with van der Waals surface area (Å²) in [5.41, 5.74) is 2.21. The van der Waals surface area contributed by atoms with Crippen LogP contribution >= 0.6 is 0 Å². The van der Waals surface area contributed by atoms with Crippen molar-refractivity contribution in [2.24, 2.45) is 0 Å². The van der Waals surface area contributed by atoms with Gasteiger partial charge in [0.15, 0.2) is 6.33 Å². The molecule has 0 radical (unpaired) electrons. The molecule has 2 rings (SSSR count). The van der Waals surface area contributed by atoms with Gasteiger partial charge in [0.05, 0.1) is 4.90 Å². The van der Waals surface area contributed by atoms with Gasteiger partial charge >= 0.3 is 6.09 Å². The van der Waals surface area contributed by atoms with E-state index >= 15 is 0 Å². The normalized spacial score (nSPS) is 11.4. The number of nitrogens with zero attached hydrogens (tertiary/aromatic N) is 4. The first-order valence-corrected chi connectivity index (χ1v) is 9.40. The number of carbonyl (C=O) groups is 1. The molecule has 0 aliphatic rings. The number of aromatic nitrogens is 3. The van der Waals surface area contributed by atoms with Crippen LogP contribution in [-0.2, 0) is 9.84 Å². The summed E-state index contributed by atoms with van der Waals surface area (Å²) in [6, 6.07) is 3.58. The average Bonchev–Trinajstić information content (AvgIpc) is 2.96. The van der Waals surface area contributed by atoms with Gasteiger partial charge in [-0.2, -0.15) is 0 Å². The molecular formula is C16H22N4O4S. The third-order valence-electron chi connectivity index (χ3n) is 3.76. The Kier molecular flexibility index (Phi) is 5.46. The Balaban J connectivity index is 2.34. The SMILES string of the molecule is CCN(CC)C(=O)On1cnc(S(=O)(=O)c2c(C)cc(C)cc2C)n1. The molecule has 0 saturated carbocycles. The van der Waals surface area contributed by atoms with Crippen LogP contribution in [0.15, 0.2) is 28.5 Å². The van der Waals surface area contributed by atoms with Crippen molar-refractivity contribution in [1.82, 2.24) is 19.8 Å². The Morgan fingerprint density at radius 3 is 2.24 bits per heavy atom. The molecule has 0 bridgehead atoms. The van der Waals surface area contributed by atoms with Gasteiger partial charge < -0.3 is 4.90 Å². The second-order valence-corrected chi connectivity index (χ2v) is 7.47. The summed E-state index contributed by atoms with van der Waals surface area (Å²) >= 11 is 0. The predicted molar refractivity (Wildman–Crippen MR) is 91.0 cm³/mol. The molecule has 136 valence electrons. The number of amides is 1. The van der Waals surface area contributed by atoms with Crippen molar-refractivity contribution in [1.29, 1.82) is 0 Å². The zero-order chi connectivity index (χ0) is 18.8. The van der Waals surface area contributed by atoms with Gasteiger partial charge in [0.25, 0.3) is 5.16 Å². The molecule has 0 spiro atoms. The van der Waals surface area contributed by atoms with Crippen LogP contribution in [0.2, 0.25) is 0 Å². The van der Waals surface area contributed by atoms with Crippen molar-refractivity contribution in [3.05, 3.63) is 35.2 Å². The van der Waals surface area contributed by atoms with Gasteiger partial charge in [0, 0.05) is 13.1 Å². The van der Waals surface area contributed by atoms with Crippen LogP contribution in [0, 0.1) is 20.8 Å². The molecule has 0 aliphatic carbocycles. The number of rotatable bonds is 5. The third-order valence-corrected chi connectivity index (χ3v) is 5.61. The lowest BCUT2D eigenvalue weighted by Crippen LogP contribution is -2.37.